The fourth-order valence-electron chi connectivity index (χ4n) is 2.87. The average Bonchev–Trinajstić information content (AvgIpc) is 3.08. The number of aliphatic carboxylic acids is 1. The van der Waals surface area contributed by atoms with E-state index in [1.807, 2.05) is 24.3 Å². The molecule has 1 unspecified atom stereocenters. The number of methoxy groups -OCH3 is 1. The number of ether oxygens (including phenoxy) is 1. The molecule has 1 aliphatic rings. The molecule has 2 amide bonds. The van der Waals surface area contributed by atoms with Crippen LogP contribution in [0.4, 0.5) is 9.93 Å². The summed E-state index contributed by atoms with van der Waals surface area (Å²) in [5.41, 5.74) is 1.04. The lowest BCUT2D eigenvalue weighted by molar-refractivity contribution is -0.143. The lowest BCUT2D eigenvalue weighted by atomic mass is 9.99. The van der Waals surface area contributed by atoms with Crippen molar-refractivity contribution in [3.8, 4) is 5.75 Å². The fraction of sp³-hybridized carbons (Fsp3) is 0.412. The third kappa shape index (κ3) is 4.48. The van der Waals surface area contributed by atoms with Crippen LogP contribution < -0.4 is 10.1 Å². The molecule has 1 aromatic heterocycles. The zero-order valence-corrected chi connectivity index (χ0v) is 15.2. The number of likely N-dealkylation sites (tertiary alicyclic amines) is 1. The first-order valence-corrected chi connectivity index (χ1v) is 9.11. The van der Waals surface area contributed by atoms with Crippen molar-refractivity contribution in [3.05, 3.63) is 34.8 Å². The third-order valence-electron chi connectivity index (χ3n) is 4.23. The minimum Gasteiger partial charge on any atom is -0.497 e. The van der Waals surface area contributed by atoms with E-state index in [1.165, 1.54) is 16.2 Å². The highest BCUT2D eigenvalue weighted by Crippen LogP contribution is 2.22. The zero-order chi connectivity index (χ0) is 18.5. The first-order chi connectivity index (χ1) is 12.5. The largest absolute Gasteiger partial charge is 0.497 e. The lowest BCUT2D eigenvalue weighted by Gasteiger charge is -2.30. The Morgan fingerprint density at radius 1 is 1.42 bits per heavy atom. The van der Waals surface area contributed by atoms with Crippen LogP contribution in [0.15, 0.2) is 24.3 Å². The van der Waals surface area contributed by atoms with Gasteiger partial charge in [-0.25, -0.2) is 4.79 Å². The SMILES string of the molecule is COc1cccc(Cc2nnc(NC(=O)N3CCCC(C(=O)O)C3)s2)c1. The molecule has 0 bridgehead atoms. The van der Waals surface area contributed by atoms with E-state index in [9.17, 15) is 9.59 Å². The fourth-order valence-corrected chi connectivity index (χ4v) is 3.63. The van der Waals surface area contributed by atoms with Crippen LogP contribution in [0.25, 0.3) is 0 Å². The number of aromatic nitrogens is 2. The summed E-state index contributed by atoms with van der Waals surface area (Å²) in [5, 5.41) is 21.1. The number of carboxylic acid groups (broad SMARTS) is 1. The minimum atomic E-state index is -0.862. The number of amides is 2. The van der Waals surface area contributed by atoms with E-state index in [4.69, 9.17) is 9.84 Å². The lowest BCUT2D eigenvalue weighted by Crippen LogP contribution is -2.44. The highest BCUT2D eigenvalue weighted by Gasteiger charge is 2.28. The molecule has 138 valence electrons. The molecule has 1 aromatic carbocycles. The molecule has 1 aliphatic heterocycles. The van der Waals surface area contributed by atoms with Crippen molar-refractivity contribution >= 4 is 28.5 Å². The van der Waals surface area contributed by atoms with Gasteiger partial charge in [0.2, 0.25) is 5.13 Å². The number of nitrogens with zero attached hydrogens (tertiary/aromatic N) is 3. The molecule has 26 heavy (non-hydrogen) atoms. The summed E-state index contributed by atoms with van der Waals surface area (Å²) in [6.45, 7) is 0.766. The normalized spacial score (nSPS) is 17.0. The van der Waals surface area contributed by atoms with E-state index in [0.29, 0.717) is 30.9 Å². The number of anilines is 1. The summed E-state index contributed by atoms with van der Waals surface area (Å²) < 4.78 is 5.21. The van der Waals surface area contributed by atoms with Gasteiger partial charge in [-0.2, -0.15) is 0 Å². The maximum Gasteiger partial charge on any atom is 0.323 e. The van der Waals surface area contributed by atoms with E-state index >= 15 is 0 Å². The minimum absolute atomic E-state index is 0.219. The van der Waals surface area contributed by atoms with Gasteiger partial charge in [-0.3, -0.25) is 10.1 Å². The van der Waals surface area contributed by atoms with Gasteiger partial charge in [-0.15, -0.1) is 10.2 Å². The number of hydrogen-bond donors (Lipinski definition) is 2. The van der Waals surface area contributed by atoms with Crippen LogP contribution in [0.5, 0.6) is 5.75 Å². The summed E-state index contributed by atoms with van der Waals surface area (Å²) in [6, 6.07) is 7.35. The number of carbonyl (C=O) groups is 2. The number of carboxylic acids is 1. The second-order valence-electron chi connectivity index (χ2n) is 6.08. The number of nitrogens with one attached hydrogen (secondary N) is 1. The Hall–Kier alpha value is -2.68. The topological polar surface area (TPSA) is 105 Å². The standard InChI is InChI=1S/C17H20N4O4S/c1-25-13-6-2-4-11(8-13)9-14-19-20-16(26-14)18-17(24)21-7-3-5-12(10-21)15(22)23/h2,4,6,8,12H,3,5,7,9-10H2,1H3,(H,22,23)(H,18,20,24). The van der Waals surface area contributed by atoms with Crippen LogP contribution in [0.1, 0.15) is 23.4 Å². The molecule has 0 radical (unpaired) electrons. The summed E-state index contributed by atoms with van der Waals surface area (Å²) in [5.74, 6) is -0.592. The Morgan fingerprint density at radius 2 is 2.27 bits per heavy atom. The average molecular weight is 376 g/mol. The summed E-state index contributed by atoms with van der Waals surface area (Å²) in [7, 11) is 1.62. The van der Waals surface area contributed by atoms with Gasteiger partial charge in [0.25, 0.3) is 0 Å². The second-order valence-corrected chi connectivity index (χ2v) is 7.14. The monoisotopic (exact) mass is 376 g/mol. The van der Waals surface area contributed by atoms with Gasteiger partial charge in [0.1, 0.15) is 10.8 Å². The highest BCUT2D eigenvalue weighted by molar-refractivity contribution is 7.15. The zero-order valence-electron chi connectivity index (χ0n) is 14.3. The van der Waals surface area contributed by atoms with E-state index in [1.54, 1.807) is 7.11 Å². The van der Waals surface area contributed by atoms with Gasteiger partial charge in [-0.1, -0.05) is 23.5 Å². The molecule has 8 nitrogen and oxygen atoms in total. The van der Waals surface area contributed by atoms with Crippen molar-refractivity contribution in [1.82, 2.24) is 15.1 Å². The molecule has 2 N–H and O–H groups in total. The molecule has 0 spiro atoms. The van der Waals surface area contributed by atoms with Gasteiger partial charge in [0, 0.05) is 19.5 Å². The van der Waals surface area contributed by atoms with Crippen molar-refractivity contribution in [2.45, 2.75) is 19.3 Å². The number of hydrogen-bond acceptors (Lipinski definition) is 6. The number of carbonyl (C=O) groups excluding carboxylic acids is 1. The Bertz CT molecular complexity index is 795. The van der Waals surface area contributed by atoms with Crippen LogP contribution in [-0.2, 0) is 11.2 Å². The first-order valence-electron chi connectivity index (χ1n) is 8.29. The Balaban J connectivity index is 1.59. The molecule has 0 aliphatic carbocycles. The molecule has 9 heteroatoms. The number of piperidine rings is 1. The van der Waals surface area contributed by atoms with Gasteiger partial charge in [-0.05, 0) is 30.5 Å². The molecule has 1 fully saturated rings. The van der Waals surface area contributed by atoms with Gasteiger partial charge in [0.15, 0.2) is 0 Å². The second kappa shape index (κ2) is 8.13. The molecule has 1 saturated heterocycles. The highest BCUT2D eigenvalue weighted by atomic mass is 32.1. The molecule has 2 heterocycles. The molecule has 3 rings (SSSR count). The van der Waals surface area contributed by atoms with E-state index in [-0.39, 0.29) is 12.6 Å². The Labute approximate surface area is 154 Å². The van der Waals surface area contributed by atoms with Crippen molar-refractivity contribution < 1.29 is 19.4 Å². The maximum atomic E-state index is 12.3. The number of rotatable bonds is 5. The smallest absolute Gasteiger partial charge is 0.323 e. The summed E-state index contributed by atoms with van der Waals surface area (Å²) in [4.78, 5) is 25.0. The van der Waals surface area contributed by atoms with Crippen LogP contribution in [0, 0.1) is 5.92 Å². The third-order valence-corrected chi connectivity index (χ3v) is 5.07. The van der Waals surface area contributed by atoms with Crippen LogP contribution in [0.2, 0.25) is 0 Å². The molecule has 2 aromatic rings. The van der Waals surface area contributed by atoms with Crippen molar-refractivity contribution in [2.75, 3.05) is 25.5 Å². The van der Waals surface area contributed by atoms with Crippen LogP contribution in [0.3, 0.4) is 0 Å². The van der Waals surface area contributed by atoms with E-state index in [0.717, 1.165) is 16.3 Å². The Morgan fingerprint density at radius 3 is 3.04 bits per heavy atom. The quantitative estimate of drug-likeness (QED) is 0.831. The number of benzene rings is 1. The maximum absolute atomic E-state index is 12.3. The Kier molecular flexibility index (Phi) is 5.67. The summed E-state index contributed by atoms with van der Waals surface area (Å²) >= 11 is 1.30. The van der Waals surface area contributed by atoms with E-state index in [2.05, 4.69) is 15.5 Å². The van der Waals surface area contributed by atoms with Crippen molar-refractivity contribution in [2.24, 2.45) is 5.92 Å². The molecule has 1 atom stereocenters. The van der Waals surface area contributed by atoms with Gasteiger partial charge < -0.3 is 14.7 Å². The van der Waals surface area contributed by atoms with Gasteiger partial charge in [0.05, 0.1) is 13.0 Å². The van der Waals surface area contributed by atoms with Crippen molar-refractivity contribution in [3.63, 3.8) is 0 Å². The summed E-state index contributed by atoms with van der Waals surface area (Å²) in [6.07, 6.45) is 1.87. The number of urea groups is 1. The predicted molar refractivity (Wildman–Crippen MR) is 96.7 cm³/mol. The van der Waals surface area contributed by atoms with E-state index < -0.39 is 11.9 Å². The molecule has 0 saturated carbocycles. The molecular weight excluding hydrogens is 356 g/mol. The van der Waals surface area contributed by atoms with Crippen molar-refractivity contribution in [1.29, 1.82) is 0 Å². The van der Waals surface area contributed by atoms with Crippen LogP contribution in [-0.4, -0.2) is 52.4 Å². The predicted octanol–water partition coefficient (Wildman–Crippen LogP) is 2.47. The first kappa shape index (κ1) is 18.1. The van der Waals surface area contributed by atoms with Gasteiger partial charge >= 0.3 is 12.0 Å². The van der Waals surface area contributed by atoms with Crippen LogP contribution >= 0.6 is 11.3 Å². The molecular formula is C17H20N4O4S.